The average molecular weight is 459 g/mol. The Kier molecular flexibility index (Phi) is 5.26. The molecule has 34 heavy (non-hydrogen) atoms. The minimum Gasteiger partial charge on any atom is -0.497 e. The summed E-state index contributed by atoms with van der Waals surface area (Å²) in [6.45, 7) is 2.09. The zero-order valence-corrected chi connectivity index (χ0v) is 19.0. The number of tetrazole rings is 1. The van der Waals surface area contributed by atoms with Crippen molar-refractivity contribution in [3.63, 3.8) is 0 Å². The lowest BCUT2D eigenvalue weighted by atomic mass is 10.0. The predicted octanol–water partition coefficient (Wildman–Crippen LogP) is 2.85. The van der Waals surface area contributed by atoms with Gasteiger partial charge < -0.3 is 19.4 Å². The highest BCUT2D eigenvalue weighted by Gasteiger charge is 2.35. The Hall–Kier alpha value is -3.72. The highest BCUT2D eigenvalue weighted by molar-refractivity contribution is 5.81. The van der Waals surface area contributed by atoms with E-state index in [1.54, 1.807) is 11.8 Å². The second-order valence-electron chi connectivity index (χ2n) is 8.84. The van der Waals surface area contributed by atoms with Crippen LogP contribution in [0.1, 0.15) is 35.8 Å². The van der Waals surface area contributed by atoms with Gasteiger partial charge in [-0.25, -0.2) is 4.68 Å². The van der Waals surface area contributed by atoms with Crippen molar-refractivity contribution >= 4 is 16.6 Å². The van der Waals surface area contributed by atoms with Gasteiger partial charge in [-0.15, -0.1) is 5.10 Å². The zero-order chi connectivity index (χ0) is 23.1. The number of hydrogen-bond acceptors (Lipinski definition) is 7. The molecule has 1 fully saturated rings. The summed E-state index contributed by atoms with van der Waals surface area (Å²) in [4.78, 5) is 18.7. The van der Waals surface area contributed by atoms with Crippen LogP contribution in [0.25, 0.3) is 10.9 Å². The van der Waals surface area contributed by atoms with Crippen molar-refractivity contribution in [1.82, 2.24) is 25.2 Å². The summed E-state index contributed by atoms with van der Waals surface area (Å²) < 4.78 is 13.1. The maximum atomic E-state index is 13.4. The van der Waals surface area contributed by atoms with E-state index < -0.39 is 6.04 Å². The summed E-state index contributed by atoms with van der Waals surface area (Å²) in [5.41, 5.74) is 3.56. The van der Waals surface area contributed by atoms with E-state index in [1.807, 2.05) is 36.4 Å². The first-order chi connectivity index (χ1) is 16.7. The fourth-order valence-corrected chi connectivity index (χ4v) is 5.13. The predicted molar refractivity (Wildman–Crippen MR) is 127 cm³/mol. The van der Waals surface area contributed by atoms with Gasteiger partial charge in [0.15, 0.2) is 5.82 Å². The molecule has 2 aliphatic heterocycles. The number of benzene rings is 2. The van der Waals surface area contributed by atoms with Crippen LogP contribution in [0.5, 0.6) is 5.75 Å². The van der Waals surface area contributed by atoms with E-state index in [4.69, 9.17) is 9.47 Å². The molecule has 9 nitrogen and oxygen atoms in total. The molecule has 0 aliphatic carbocycles. The standard InChI is InChI=1S/C25H26N6O3/c1-33-18-8-9-21-17(13-18)14-20(25(32)26-21)23(30-11-10-16-5-2-3-7-22(16)30)24-27-28-29-31(24)15-19-6-4-12-34-19/h2-3,5,7-9,13-14,19,23H,4,6,10-12,15H2,1H3,(H,26,32). The molecule has 2 aromatic heterocycles. The number of anilines is 1. The molecule has 9 heteroatoms. The first kappa shape index (κ1) is 20.9. The van der Waals surface area contributed by atoms with Crippen LogP contribution in [-0.2, 0) is 17.7 Å². The van der Waals surface area contributed by atoms with Crippen molar-refractivity contribution in [3.05, 3.63) is 75.8 Å². The minimum absolute atomic E-state index is 0.0768. The van der Waals surface area contributed by atoms with Crippen molar-refractivity contribution < 1.29 is 9.47 Å². The molecule has 6 rings (SSSR count). The van der Waals surface area contributed by atoms with E-state index in [0.717, 1.165) is 54.8 Å². The molecular formula is C25H26N6O3. The quantitative estimate of drug-likeness (QED) is 0.474. The van der Waals surface area contributed by atoms with Gasteiger partial charge in [-0.2, -0.15) is 0 Å². The number of pyridine rings is 1. The van der Waals surface area contributed by atoms with E-state index in [0.29, 0.717) is 17.9 Å². The third kappa shape index (κ3) is 3.62. The van der Waals surface area contributed by atoms with E-state index >= 15 is 0 Å². The summed E-state index contributed by atoms with van der Waals surface area (Å²) in [6, 6.07) is 15.4. The molecule has 1 N–H and O–H groups in total. The zero-order valence-electron chi connectivity index (χ0n) is 19.0. The van der Waals surface area contributed by atoms with Crippen LogP contribution in [0.2, 0.25) is 0 Å². The Bertz CT molecular complexity index is 1390. The van der Waals surface area contributed by atoms with Crippen LogP contribution in [0.3, 0.4) is 0 Å². The Morgan fingerprint density at radius 1 is 1.24 bits per heavy atom. The van der Waals surface area contributed by atoms with Gasteiger partial charge in [0.2, 0.25) is 0 Å². The van der Waals surface area contributed by atoms with E-state index in [2.05, 4.69) is 37.5 Å². The number of rotatable bonds is 6. The molecule has 2 aliphatic rings. The first-order valence-corrected chi connectivity index (χ1v) is 11.6. The lowest BCUT2D eigenvalue weighted by molar-refractivity contribution is 0.0924. The second kappa shape index (κ2) is 8.57. The molecule has 1 saturated heterocycles. The Morgan fingerprint density at radius 2 is 2.15 bits per heavy atom. The molecule has 0 spiro atoms. The van der Waals surface area contributed by atoms with Crippen molar-refractivity contribution in [3.8, 4) is 5.75 Å². The second-order valence-corrected chi connectivity index (χ2v) is 8.84. The number of H-pyrrole nitrogens is 1. The van der Waals surface area contributed by atoms with E-state index in [-0.39, 0.29) is 11.7 Å². The van der Waals surface area contributed by atoms with E-state index in [9.17, 15) is 4.79 Å². The average Bonchev–Trinajstić information content (AvgIpc) is 3.62. The Morgan fingerprint density at radius 3 is 3.00 bits per heavy atom. The van der Waals surface area contributed by atoms with Crippen LogP contribution in [0, 0.1) is 0 Å². The minimum atomic E-state index is -0.445. The maximum absolute atomic E-state index is 13.4. The molecule has 2 aromatic carbocycles. The lowest BCUT2D eigenvalue weighted by Gasteiger charge is -2.29. The molecular weight excluding hydrogens is 432 g/mol. The van der Waals surface area contributed by atoms with Gasteiger partial charge in [-0.1, -0.05) is 18.2 Å². The number of aromatic nitrogens is 5. The number of ether oxygens (including phenoxy) is 2. The molecule has 4 aromatic rings. The highest BCUT2D eigenvalue weighted by Crippen LogP contribution is 2.37. The molecule has 2 unspecified atom stereocenters. The number of nitrogens with zero attached hydrogens (tertiary/aromatic N) is 5. The van der Waals surface area contributed by atoms with E-state index in [1.165, 1.54) is 5.56 Å². The molecule has 4 heterocycles. The smallest absolute Gasteiger partial charge is 0.254 e. The number of methoxy groups -OCH3 is 1. The van der Waals surface area contributed by atoms with Gasteiger partial charge in [0.25, 0.3) is 5.56 Å². The van der Waals surface area contributed by atoms with Gasteiger partial charge in [0.05, 0.1) is 19.8 Å². The molecule has 174 valence electrons. The van der Waals surface area contributed by atoms with Gasteiger partial charge in [-0.05, 0) is 65.6 Å². The van der Waals surface area contributed by atoms with Crippen molar-refractivity contribution in [1.29, 1.82) is 0 Å². The van der Waals surface area contributed by atoms with Gasteiger partial charge in [0, 0.05) is 35.3 Å². The van der Waals surface area contributed by atoms with Gasteiger partial charge in [-0.3, -0.25) is 4.79 Å². The maximum Gasteiger partial charge on any atom is 0.254 e. The lowest BCUT2D eigenvalue weighted by Crippen LogP contribution is -2.35. The fraction of sp³-hybridized carbons (Fsp3) is 0.360. The number of para-hydroxylation sites is 1. The number of nitrogens with one attached hydrogen (secondary N) is 1. The number of aromatic amines is 1. The van der Waals surface area contributed by atoms with Crippen molar-refractivity contribution in [2.45, 2.75) is 38.0 Å². The normalized spacial score (nSPS) is 18.4. The summed E-state index contributed by atoms with van der Waals surface area (Å²) >= 11 is 0. The first-order valence-electron chi connectivity index (χ1n) is 11.6. The molecule has 0 radical (unpaired) electrons. The number of hydrogen-bond donors (Lipinski definition) is 1. The highest BCUT2D eigenvalue weighted by atomic mass is 16.5. The summed E-state index contributed by atoms with van der Waals surface area (Å²) in [5.74, 6) is 1.37. The van der Waals surface area contributed by atoms with Gasteiger partial charge >= 0.3 is 0 Å². The number of fused-ring (bicyclic) bond motifs is 2. The van der Waals surface area contributed by atoms with Crippen molar-refractivity contribution in [2.75, 3.05) is 25.2 Å². The third-order valence-electron chi connectivity index (χ3n) is 6.81. The van der Waals surface area contributed by atoms with Gasteiger partial charge in [0.1, 0.15) is 11.8 Å². The summed E-state index contributed by atoms with van der Waals surface area (Å²) in [6.07, 6.45) is 3.00. The molecule has 0 amide bonds. The Labute approximate surface area is 196 Å². The van der Waals surface area contributed by atoms with Crippen LogP contribution in [-0.4, -0.2) is 51.6 Å². The monoisotopic (exact) mass is 458 g/mol. The van der Waals surface area contributed by atoms with Crippen LogP contribution in [0.4, 0.5) is 5.69 Å². The Balaban J connectivity index is 1.51. The summed E-state index contributed by atoms with van der Waals surface area (Å²) in [5, 5.41) is 13.6. The van der Waals surface area contributed by atoms with Crippen LogP contribution in [0.15, 0.2) is 53.3 Å². The topological polar surface area (TPSA) is 98.2 Å². The SMILES string of the molecule is COc1ccc2[nH]c(=O)c(C(c3nnnn3CC3CCCO3)N3CCc4ccccc43)cc2c1. The molecule has 0 saturated carbocycles. The summed E-state index contributed by atoms with van der Waals surface area (Å²) in [7, 11) is 1.64. The fourth-order valence-electron chi connectivity index (χ4n) is 5.13. The van der Waals surface area contributed by atoms with Crippen LogP contribution >= 0.6 is 0 Å². The van der Waals surface area contributed by atoms with Crippen LogP contribution < -0.4 is 15.2 Å². The largest absolute Gasteiger partial charge is 0.497 e. The molecule has 2 atom stereocenters. The van der Waals surface area contributed by atoms with Crippen molar-refractivity contribution in [2.24, 2.45) is 0 Å². The molecule has 0 bridgehead atoms. The third-order valence-corrected chi connectivity index (χ3v) is 6.81.